The van der Waals surface area contributed by atoms with Crippen LogP contribution in [0.15, 0.2) is 0 Å². The van der Waals surface area contributed by atoms with E-state index >= 15 is 0 Å². The van der Waals surface area contributed by atoms with Gasteiger partial charge in [-0.05, 0) is 18.6 Å². The van der Waals surface area contributed by atoms with Crippen LogP contribution in [0.5, 0.6) is 0 Å². The van der Waals surface area contributed by atoms with Crippen LogP contribution in [-0.2, 0) is 4.79 Å². The molecule has 4 nitrogen and oxygen atoms in total. The number of carbonyl (C=O) groups is 2. The second-order valence-electron chi connectivity index (χ2n) is 2.71. The number of amides is 3. The first-order chi connectivity index (χ1) is 5.74. The highest BCUT2D eigenvalue weighted by Gasteiger charge is 2.25. The Hall–Kier alpha value is -0.710. The second kappa shape index (κ2) is 4.35. The number of nitrogens with one attached hydrogen (secondary N) is 1. The summed E-state index contributed by atoms with van der Waals surface area (Å²) in [5.74, 6) is 0.620. The van der Waals surface area contributed by atoms with Crippen molar-refractivity contribution in [2.45, 2.75) is 12.8 Å². The molecule has 1 aliphatic rings. The lowest BCUT2D eigenvalue weighted by molar-refractivity contribution is -0.118. The molecule has 0 atom stereocenters. The van der Waals surface area contributed by atoms with E-state index in [4.69, 9.17) is 0 Å². The molecule has 0 bridgehead atoms. The van der Waals surface area contributed by atoms with Crippen LogP contribution in [0.25, 0.3) is 0 Å². The maximum absolute atomic E-state index is 11.0. The fraction of sp³-hybridized carbons (Fsp3) is 0.714. The van der Waals surface area contributed by atoms with Crippen molar-refractivity contribution in [3.8, 4) is 0 Å². The molecule has 0 aromatic rings. The van der Waals surface area contributed by atoms with Crippen LogP contribution in [0.4, 0.5) is 4.79 Å². The summed E-state index contributed by atoms with van der Waals surface area (Å²) in [5, 5.41) is 2.22. The molecule has 12 heavy (non-hydrogen) atoms. The first-order valence-corrected chi connectivity index (χ1v) is 4.57. The van der Waals surface area contributed by atoms with Crippen LogP contribution in [-0.4, -0.2) is 35.7 Å². The van der Waals surface area contributed by atoms with Crippen LogP contribution in [0.2, 0.25) is 0 Å². The summed E-state index contributed by atoms with van der Waals surface area (Å²) in [6.07, 6.45) is 1.88. The Morgan fingerprint density at radius 1 is 1.42 bits per heavy atom. The second-order valence-corrected chi connectivity index (χ2v) is 3.15. The monoisotopic (exact) mass is 188 g/mol. The van der Waals surface area contributed by atoms with Gasteiger partial charge in [-0.1, -0.05) is 0 Å². The van der Waals surface area contributed by atoms with Gasteiger partial charge in [0.2, 0.25) is 5.91 Å². The van der Waals surface area contributed by atoms with Gasteiger partial charge < -0.3 is 4.90 Å². The molecule has 68 valence electrons. The molecule has 0 saturated carbocycles. The molecular formula is C7H12N2O2S. The summed E-state index contributed by atoms with van der Waals surface area (Å²) in [4.78, 5) is 23.2. The van der Waals surface area contributed by atoms with E-state index in [1.54, 1.807) is 0 Å². The van der Waals surface area contributed by atoms with Crippen LogP contribution in [0.3, 0.4) is 0 Å². The molecule has 1 saturated heterocycles. The van der Waals surface area contributed by atoms with E-state index in [-0.39, 0.29) is 18.5 Å². The summed E-state index contributed by atoms with van der Waals surface area (Å²) in [7, 11) is 0. The minimum absolute atomic E-state index is 0.203. The molecule has 0 aromatic carbocycles. The summed E-state index contributed by atoms with van der Waals surface area (Å²) >= 11 is 4.05. The number of carbonyl (C=O) groups excluding carboxylic acids is 2. The Morgan fingerprint density at radius 2 is 2.17 bits per heavy atom. The van der Waals surface area contributed by atoms with Crippen LogP contribution < -0.4 is 5.32 Å². The van der Waals surface area contributed by atoms with Gasteiger partial charge in [-0.15, -0.1) is 0 Å². The highest BCUT2D eigenvalue weighted by atomic mass is 32.1. The molecule has 0 unspecified atom stereocenters. The lowest BCUT2D eigenvalue weighted by Crippen LogP contribution is -2.29. The third-order valence-corrected chi connectivity index (χ3v) is 2.02. The van der Waals surface area contributed by atoms with Crippen molar-refractivity contribution in [1.29, 1.82) is 0 Å². The normalized spacial score (nSPS) is 16.9. The molecule has 1 heterocycles. The van der Waals surface area contributed by atoms with Gasteiger partial charge in [0, 0.05) is 6.54 Å². The summed E-state index contributed by atoms with van der Waals surface area (Å²) in [6.45, 7) is 0.865. The maximum Gasteiger partial charge on any atom is 0.324 e. The van der Waals surface area contributed by atoms with Gasteiger partial charge in [0.25, 0.3) is 0 Å². The van der Waals surface area contributed by atoms with Gasteiger partial charge >= 0.3 is 6.03 Å². The summed E-state index contributed by atoms with van der Waals surface area (Å²) in [6, 6.07) is -0.265. The van der Waals surface area contributed by atoms with Crippen LogP contribution in [0.1, 0.15) is 12.8 Å². The number of unbranched alkanes of at least 4 members (excludes halogenated alkanes) is 1. The van der Waals surface area contributed by atoms with E-state index < -0.39 is 0 Å². The van der Waals surface area contributed by atoms with Gasteiger partial charge in [-0.2, -0.15) is 12.6 Å². The van der Waals surface area contributed by atoms with Crippen molar-refractivity contribution in [2.75, 3.05) is 18.8 Å². The number of rotatable bonds is 4. The number of nitrogens with zero attached hydrogens (tertiary/aromatic N) is 1. The average molecular weight is 188 g/mol. The average Bonchev–Trinajstić information content (AvgIpc) is 2.31. The minimum Gasteiger partial charge on any atom is -0.315 e. The van der Waals surface area contributed by atoms with Crippen molar-refractivity contribution in [3.63, 3.8) is 0 Å². The van der Waals surface area contributed by atoms with E-state index in [9.17, 15) is 9.59 Å². The van der Waals surface area contributed by atoms with E-state index in [0.29, 0.717) is 6.54 Å². The first kappa shape index (κ1) is 9.38. The zero-order valence-electron chi connectivity index (χ0n) is 6.75. The Balaban J connectivity index is 2.24. The van der Waals surface area contributed by atoms with E-state index in [0.717, 1.165) is 18.6 Å². The fourth-order valence-corrected chi connectivity index (χ4v) is 1.30. The van der Waals surface area contributed by atoms with E-state index in [1.165, 1.54) is 4.90 Å². The number of thiol groups is 1. The van der Waals surface area contributed by atoms with E-state index in [1.807, 2.05) is 0 Å². The molecule has 0 aliphatic carbocycles. The van der Waals surface area contributed by atoms with Gasteiger partial charge in [0.15, 0.2) is 0 Å². The van der Waals surface area contributed by atoms with Gasteiger partial charge in [-0.25, -0.2) is 4.79 Å². The van der Waals surface area contributed by atoms with Crippen molar-refractivity contribution >= 4 is 24.6 Å². The SMILES string of the molecule is O=C1CN(CCCCS)C(=O)N1. The Morgan fingerprint density at radius 3 is 2.67 bits per heavy atom. The molecule has 5 heteroatoms. The lowest BCUT2D eigenvalue weighted by atomic mass is 10.3. The molecule has 1 fully saturated rings. The summed E-state index contributed by atoms with van der Waals surface area (Å²) < 4.78 is 0. The Kier molecular flexibility index (Phi) is 3.40. The van der Waals surface area contributed by atoms with Crippen LogP contribution in [0, 0.1) is 0 Å². The molecule has 0 spiro atoms. The fourth-order valence-electron chi connectivity index (χ4n) is 1.08. The minimum atomic E-state index is -0.265. The van der Waals surface area contributed by atoms with Crippen molar-refractivity contribution < 1.29 is 9.59 Å². The van der Waals surface area contributed by atoms with Crippen LogP contribution >= 0.6 is 12.6 Å². The smallest absolute Gasteiger partial charge is 0.315 e. The third kappa shape index (κ3) is 2.41. The standard InChI is InChI=1S/C7H12N2O2S/c10-6-5-9(7(11)8-6)3-1-2-4-12/h12H,1-5H2,(H,8,10,11). The molecule has 0 radical (unpaired) electrons. The zero-order chi connectivity index (χ0) is 8.97. The van der Waals surface area contributed by atoms with Crippen molar-refractivity contribution in [2.24, 2.45) is 0 Å². The topological polar surface area (TPSA) is 49.4 Å². The third-order valence-electron chi connectivity index (χ3n) is 1.70. The number of hydrogen-bond acceptors (Lipinski definition) is 3. The molecule has 1 aliphatic heterocycles. The summed E-state index contributed by atoms with van der Waals surface area (Å²) in [5.41, 5.74) is 0. The molecular weight excluding hydrogens is 176 g/mol. The van der Waals surface area contributed by atoms with Gasteiger partial charge in [0.1, 0.15) is 6.54 Å². The largest absolute Gasteiger partial charge is 0.324 e. The quantitative estimate of drug-likeness (QED) is 0.377. The predicted molar refractivity (Wildman–Crippen MR) is 48.2 cm³/mol. The highest BCUT2D eigenvalue weighted by molar-refractivity contribution is 7.80. The highest BCUT2D eigenvalue weighted by Crippen LogP contribution is 2.01. The number of urea groups is 1. The van der Waals surface area contributed by atoms with Gasteiger partial charge in [-0.3, -0.25) is 10.1 Å². The molecule has 1 rings (SSSR count). The molecule has 0 aromatic heterocycles. The predicted octanol–water partition coefficient (Wildman–Crippen LogP) is 0.248. The van der Waals surface area contributed by atoms with Crippen molar-refractivity contribution in [3.05, 3.63) is 0 Å². The number of imide groups is 1. The molecule has 1 N–H and O–H groups in total. The zero-order valence-corrected chi connectivity index (χ0v) is 7.64. The van der Waals surface area contributed by atoms with Gasteiger partial charge in [0.05, 0.1) is 0 Å². The lowest BCUT2D eigenvalue weighted by Gasteiger charge is -2.11. The van der Waals surface area contributed by atoms with Crippen molar-refractivity contribution in [1.82, 2.24) is 10.2 Å². The first-order valence-electron chi connectivity index (χ1n) is 3.93. The molecule has 3 amide bonds. The number of hydrogen-bond donors (Lipinski definition) is 2. The maximum atomic E-state index is 11.0. The Bertz CT molecular complexity index is 196. The van der Waals surface area contributed by atoms with E-state index in [2.05, 4.69) is 17.9 Å². The Labute approximate surface area is 76.7 Å².